The maximum atomic E-state index is 12.4. The highest BCUT2D eigenvalue weighted by molar-refractivity contribution is 5.94. The number of nitrogens with one attached hydrogen (secondary N) is 1. The van der Waals surface area contributed by atoms with Gasteiger partial charge in [-0.3, -0.25) is 4.79 Å². The molecule has 0 radical (unpaired) electrons. The number of hydrogen-bond acceptors (Lipinski definition) is 3. The van der Waals surface area contributed by atoms with E-state index in [-0.39, 0.29) is 5.91 Å². The van der Waals surface area contributed by atoms with E-state index in [0.29, 0.717) is 12.1 Å². The smallest absolute Gasteiger partial charge is 0.251 e. The zero-order valence-corrected chi connectivity index (χ0v) is 16.2. The molecule has 3 rings (SSSR count). The second kappa shape index (κ2) is 8.08. The first kappa shape index (κ1) is 18.7. The second-order valence-corrected chi connectivity index (χ2v) is 6.49. The molecule has 3 aromatic rings. The fourth-order valence-electron chi connectivity index (χ4n) is 3.22. The molecule has 1 heterocycles. The Bertz CT molecular complexity index is 925. The molecule has 0 aliphatic carbocycles. The van der Waals surface area contributed by atoms with Gasteiger partial charge in [0.2, 0.25) is 0 Å². The Labute approximate surface area is 160 Å². The predicted molar refractivity (Wildman–Crippen MR) is 107 cm³/mol. The molecule has 0 fully saturated rings. The molecule has 140 valence electrons. The van der Waals surface area contributed by atoms with Gasteiger partial charge in [0.05, 0.1) is 18.5 Å². The first-order valence-electron chi connectivity index (χ1n) is 9.10. The van der Waals surface area contributed by atoms with Crippen molar-refractivity contribution < 1.29 is 9.53 Å². The van der Waals surface area contributed by atoms with Crippen molar-refractivity contribution in [1.29, 1.82) is 0 Å². The summed E-state index contributed by atoms with van der Waals surface area (Å²) in [4.78, 5) is 12.4. The van der Waals surface area contributed by atoms with Gasteiger partial charge in [-0.25, -0.2) is 4.68 Å². The van der Waals surface area contributed by atoms with Crippen molar-refractivity contribution in [3.63, 3.8) is 0 Å². The number of nitrogens with zero attached hydrogens (tertiary/aromatic N) is 2. The van der Waals surface area contributed by atoms with E-state index in [1.165, 1.54) is 5.56 Å². The average Bonchev–Trinajstić information content (AvgIpc) is 3.00. The molecule has 1 amide bonds. The molecule has 0 unspecified atom stereocenters. The summed E-state index contributed by atoms with van der Waals surface area (Å²) in [6, 6.07) is 15.2. The van der Waals surface area contributed by atoms with Gasteiger partial charge in [0.1, 0.15) is 5.75 Å². The Hall–Kier alpha value is -3.08. The van der Waals surface area contributed by atoms with Crippen LogP contribution in [0, 0.1) is 13.8 Å². The third-order valence-corrected chi connectivity index (χ3v) is 4.78. The fraction of sp³-hybridized carbons (Fsp3) is 0.273. The lowest BCUT2D eigenvalue weighted by Gasteiger charge is -2.08. The predicted octanol–water partition coefficient (Wildman–Crippen LogP) is 3.99. The molecule has 27 heavy (non-hydrogen) atoms. The van der Waals surface area contributed by atoms with Crippen LogP contribution in [0.1, 0.15) is 39.8 Å². The van der Waals surface area contributed by atoms with Crippen molar-refractivity contribution in [2.45, 2.75) is 33.7 Å². The number of carbonyl (C=O) groups is 1. The number of amides is 1. The molecule has 0 aliphatic rings. The van der Waals surface area contributed by atoms with E-state index < -0.39 is 0 Å². The van der Waals surface area contributed by atoms with Gasteiger partial charge in [-0.15, -0.1) is 0 Å². The van der Waals surface area contributed by atoms with Crippen molar-refractivity contribution in [3.05, 3.63) is 76.6 Å². The number of carbonyl (C=O) groups excluding carboxylic acids is 1. The number of hydrogen-bond donors (Lipinski definition) is 1. The molecule has 5 nitrogen and oxygen atoms in total. The molecular weight excluding hydrogens is 338 g/mol. The van der Waals surface area contributed by atoms with Crippen LogP contribution in [-0.2, 0) is 13.0 Å². The molecule has 0 aliphatic heterocycles. The summed E-state index contributed by atoms with van der Waals surface area (Å²) in [7, 11) is 1.63. The average molecular weight is 363 g/mol. The monoisotopic (exact) mass is 363 g/mol. The summed E-state index contributed by atoms with van der Waals surface area (Å²) < 4.78 is 7.08. The minimum absolute atomic E-state index is 0.0972. The number of aromatic nitrogens is 2. The maximum Gasteiger partial charge on any atom is 0.251 e. The van der Waals surface area contributed by atoms with Crippen LogP contribution in [0.4, 0.5) is 0 Å². The maximum absolute atomic E-state index is 12.4. The van der Waals surface area contributed by atoms with Gasteiger partial charge in [-0.05, 0) is 67.8 Å². The minimum atomic E-state index is -0.0972. The lowest BCUT2D eigenvalue weighted by molar-refractivity contribution is 0.0951. The van der Waals surface area contributed by atoms with E-state index in [0.717, 1.165) is 34.8 Å². The molecular formula is C22H25N3O2. The summed E-state index contributed by atoms with van der Waals surface area (Å²) >= 11 is 0. The zero-order valence-electron chi connectivity index (χ0n) is 16.2. The Morgan fingerprint density at radius 2 is 1.74 bits per heavy atom. The standard InChI is InChI=1S/C22H25N3O2/c1-5-21-15(2)24-25(16(21)3)19-10-8-18(9-11-19)22(26)23-14-17-6-12-20(27-4)13-7-17/h6-13H,5,14H2,1-4H3,(H,23,26). The van der Waals surface area contributed by atoms with Crippen LogP contribution in [0.5, 0.6) is 5.75 Å². The van der Waals surface area contributed by atoms with Gasteiger partial charge in [-0.2, -0.15) is 5.10 Å². The molecule has 0 saturated carbocycles. The van der Waals surface area contributed by atoms with Gasteiger partial charge in [0.15, 0.2) is 0 Å². The number of methoxy groups -OCH3 is 1. The largest absolute Gasteiger partial charge is 0.497 e. The Balaban J connectivity index is 1.68. The highest BCUT2D eigenvalue weighted by Gasteiger charge is 2.12. The molecule has 2 aromatic carbocycles. The molecule has 5 heteroatoms. The highest BCUT2D eigenvalue weighted by atomic mass is 16.5. The van der Waals surface area contributed by atoms with E-state index in [2.05, 4.69) is 24.3 Å². The van der Waals surface area contributed by atoms with E-state index in [1.54, 1.807) is 7.11 Å². The Kier molecular flexibility index (Phi) is 5.60. The lowest BCUT2D eigenvalue weighted by Crippen LogP contribution is -2.22. The van der Waals surface area contributed by atoms with Crippen LogP contribution in [-0.4, -0.2) is 22.8 Å². The van der Waals surface area contributed by atoms with Crippen molar-refractivity contribution >= 4 is 5.91 Å². The van der Waals surface area contributed by atoms with Crippen molar-refractivity contribution in [3.8, 4) is 11.4 Å². The van der Waals surface area contributed by atoms with Gasteiger partial charge < -0.3 is 10.1 Å². The lowest BCUT2D eigenvalue weighted by atomic mass is 10.1. The summed E-state index contributed by atoms with van der Waals surface area (Å²) in [5, 5.41) is 7.57. The molecule has 0 saturated heterocycles. The van der Waals surface area contributed by atoms with Crippen LogP contribution in [0.3, 0.4) is 0 Å². The normalized spacial score (nSPS) is 10.7. The Morgan fingerprint density at radius 1 is 1.07 bits per heavy atom. The molecule has 0 spiro atoms. The third-order valence-electron chi connectivity index (χ3n) is 4.78. The summed E-state index contributed by atoms with van der Waals surface area (Å²) in [5.74, 6) is 0.705. The van der Waals surface area contributed by atoms with E-state index in [1.807, 2.05) is 60.1 Å². The first-order valence-corrected chi connectivity index (χ1v) is 9.10. The Morgan fingerprint density at radius 3 is 2.30 bits per heavy atom. The van der Waals surface area contributed by atoms with Crippen molar-refractivity contribution in [2.75, 3.05) is 7.11 Å². The van der Waals surface area contributed by atoms with Gasteiger partial charge in [0, 0.05) is 17.8 Å². The quantitative estimate of drug-likeness (QED) is 0.720. The van der Waals surface area contributed by atoms with E-state index >= 15 is 0 Å². The van der Waals surface area contributed by atoms with Crippen molar-refractivity contribution in [1.82, 2.24) is 15.1 Å². The van der Waals surface area contributed by atoms with Crippen molar-refractivity contribution in [2.24, 2.45) is 0 Å². The number of rotatable bonds is 6. The second-order valence-electron chi connectivity index (χ2n) is 6.49. The summed E-state index contributed by atoms with van der Waals surface area (Å²) in [6.45, 7) is 6.72. The molecule has 0 atom stereocenters. The van der Waals surface area contributed by atoms with Gasteiger partial charge in [0.25, 0.3) is 5.91 Å². The fourth-order valence-corrected chi connectivity index (χ4v) is 3.22. The highest BCUT2D eigenvalue weighted by Crippen LogP contribution is 2.19. The third kappa shape index (κ3) is 4.03. The van der Waals surface area contributed by atoms with E-state index in [9.17, 15) is 4.79 Å². The van der Waals surface area contributed by atoms with Gasteiger partial charge >= 0.3 is 0 Å². The zero-order chi connectivity index (χ0) is 19.4. The number of benzene rings is 2. The number of aryl methyl sites for hydroxylation is 1. The molecule has 1 aromatic heterocycles. The summed E-state index contributed by atoms with van der Waals surface area (Å²) in [6.07, 6.45) is 0.962. The SMILES string of the molecule is CCc1c(C)nn(-c2ccc(C(=O)NCc3ccc(OC)cc3)cc2)c1C. The summed E-state index contributed by atoms with van der Waals surface area (Å²) in [5.41, 5.74) is 6.08. The first-order chi connectivity index (χ1) is 13.0. The van der Waals surface area contributed by atoms with Crippen LogP contribution >= 0.6 is 0 Å². The number of ether oxygens (including phenoxy) is 1. The van der Waals surface area contributed by atoms with Crippen LogP contribution in [0.2, 0.25) is 0 Å². The van der Waals surface area contributed by atoms with Crippen LogP contribution in [0.25, 0.3) is 5.69 Å². The minimum Gasteiger partial charge on any atom is -0.497 e. The van der Waals surface area contributed by atoms with Crippen LogP contribution < -0.4 is 10.1 Å². The molecule has 0 bridgehead atoms. The van der Waals surface area contributed by atoms with Gasteiger partial charge in [-0.1, -0.05) is 19.1 Å². The topological polar surface area (TPSA) is 56.2 Å². The van der Waals surface area contributed by atoms with E-state index in [4.69, 9.17) is 4.74 Å². The van der Waals surface area contributed by atoms with Crippen LogP contribution in [0.15, 0.2) is 48.5 Å². The molecule has 1 N–H and O–H groups in total.